The lowest BCUT2D eigenvalue weighted by molar-refractivity contribution is -0.338. The van der Waals surface area contributed by atoms with Gasteiger partial charge in [-0.15, -0.1) is 0 Å². The molecule has 7 nitrogen and oxygen atoms in total. The van der Waals surface area contributed by atoms with Crippen LogP contribution in [0, 0.1) is 28.1 Å². The maximum Gasteiger partial charge on any atom is 0.331 e. The Kier molecular flexibility index (Phi) is 6.45. The van der Waals surface area contributed by atoms with E-state index in [1.54, 1.807) is 6.08 Å². The van der Waals surface area contributed by atoms with E-state index in [1.807, 2.05) is 13.0 Å². The molecular weight excluding hydrogens is 460 g/mol. The minimum atomic E-state index is -1.47. The number of aliphatic hydroxyl groups excluding tert-OH is 2. The quantitative estimate of drug-likeness (QED) is 0.389. The first-order valence-electron chi connectivity index (χ1n) is 13.8. The van der Waals surface area contributed by atoms with Gasteiger partial charge in [-0.3, -0.25) is 4.79 Å². The molecule has 0 saturated heterocycles. The fraction of sp³-hybridized carbons (Fsp3) is 0.793. The molecule has 4 aliphatic carbocycles. The summed E-state index contributed by atoms with van der Waals surface area (Å²) in [4.78, 5) is 24.0. The lowest BCUT2D eigenvalue weighted by Crippen LogP contribution is -2.80. The van der Waals surface area contributed by atoms with Crippen molar-refractivity contribution in [3.05, 3.63) is 23.8 Å². The average molecular weight is 503 g/mol. The van der Waals surface area contributed by atoms with Crippen LogP contribution in [0.5, 0.6) is 0 Å². The van der Waals surface area contributed by atoms with Crippen LogP contribution >= 0.6 is 0 Å². The van der Waals surface area contributed by atoms with Crippen molar-refractivity contribution in [2.75, 3.05) is 6.61 Å². The maximum atomic E-state index is 12.9. The van der Waals surface area contributed by atoms with Crippen molar-refractivity contribution in [3.63, 3.8) is 0 Å². The number of aliphatic hydroxyl groups is 3. The van der Waals surface area contributed by atoms with Crippen LogP contribution in [0.25, 0.3) is 0 Å². The van der Waals surface area contributed by atoms with Crippen molar-refractivity contribution < 1.29 is 34.4 Å². The van der Waals surface area contributed by atoms with Gasteiger partial charge in [0.15, 0.2) is 0 Å². The molecule has 8 atom stereocenters. The molecule has 1 aliphatic heterocycles. The minimum Gasteiger partial charge on any atom is -0.462 e. The second-order valence-corrected chi connectivity index (χ2v) is 12.6. The standard InChI is InChI=1S/C29H42O7/c1-18(30)36-21-16-26(2)12-10-22(31)29(28(26,34)14-9-19-15-24(33)35-17-19)23(32)11-13-27(3,25(21)29)20-7-5-4-6-8-20/h10,12,15,20-23,25,31-32,34H,4-9,11,13-14,16-17H2,1-3H3/t21-,22-,23+,25+,26+,27+,28-,29+/m1/s1. The van der Waals surface area contributed by atoms with Gasteiger partial charge in [0.2, 0.25) is 0 Å². The van der Waals surface area contributed by atoms with Gasteiger partial charge >= 0.3 is 11.9 Å². The zero-order valence-electron chi connectivity index (χ0n) is 21.9. The van der Waals surface area contributed by atoms with Gasteiger partial charge in [-0.25, -0.2) is 4.79 Å². The van der Waals surface area contributed by atoms with Crippen molar-refractivity contribution in [3.8, 4) is 0 Å². The van der Waals surface area contributed by atoms with Gasteiger partial charge in [0, 0.05) is 24.3 Å². The summed E-state index contributed by atoms with van der Waals surface area (Å²) in [6.45, 7) is 5.82. The van der Waals surface area contributed by atoms with E-state index >= 15 is 0 Å². The molecular formula is C29H42O7. The first kappa shape index (κ1) is 25.9. The lowest BCUT2D eigenvalue weighted by Gasteiger charge is -2.73. The van der Waals surface area contributed by atoms with Gasteiger partial charge in [0.1, 0.15) is 12.7 Å². The van der Waals surface area contributed by atoms with Crippen molar-refractivity contribution in [2.24, 2.45) is 28.1 Å². The maximum absolute atomic E-state index is 12.9. The minimum absolute atomic E-state index is 0.207. The Hall–Kier alpha value is -1.70. The Morgan fingerprint density at radius 2 is 1.89 bits per heavy atom. The number of carbonyl (C=O) groups excluding carboxylic acids is 2. The summed E-state index contributed by atoms with van der Waals surface area (Å²) in [5.41, 5.74) is -3.11. The fourth-order valence-corrected chi connectivity index (χ4v) is 9.30. The summed E-state index contributed by atoms with van der Waals surface area (Å²) in [5.74, 6) is -0.790. The van der Waals surface area contributed by atoms with E-state index in [0.717, 1.165) is 37.7 Å². The molecule has 0 unspecified atom stereocenters. The molecule has 0 aromatic heterocycles. The van der Waals surface area contributed by atoms with Gasteiger partial charge in [-0.1, -0.05) is 45.3 Å². The Balaban J connectivity index is 1.66. The van der Waals surface area contributed by atoms with Crippen molar-refractivity contribution in [2.45, 2.75) is 109 Å². The number of ether oxygens (including phenoxy) is 2. The number of hydrogen-bond donors (Lipinski definition) is 3. The molecule has 1 heterocycles. The van der Waals surface area contributed by atoms with Crippen LogP contribution in [-0.4, -0.2) is 57.8 Å². The summed E-state index contributed by atoms with van der Waals surface area (Å²) < 4.78 is 11.1. The molecule has 3 saturated carbocycles. The number of carbonyl (C=O) groups is 2. The number of fused-ring (bicyclic) bond motifs is 1. The van der Waals surface area contributed by atoms with Gasteiger partial charge in [-0.2, -0.15) is 0 Å². The molecule has 7 heteroatoms. The highest BCUT2D eigenvalue weighted by Crippen LogP contribution is 2.72. The van der Waals surface area contributed by atoms with E-state index < -0.39 is 40.7 Å². The molecule has 36 heavy (non-hydrogen) atoms. The van der Waals surface area contributed by atoms with Crippen molar-refractivity contribution >= 4 is 11.9 Å². The second-order valence-electron chi connectivity index (χ2n) is 12.6. The van der Waals surface area contributed by atoms with E-state index in [2.05, 4.69) is 6.92 Å². The third-order valence-electron chi connectivity index (χ3n) is 10.9. The Morgan fingerprint density at radius 3 is 2.53 bits per heavy atom. The molecule has 5 rings (SSSR count). The van der Waals surface area contributed by atoms with Crippen LogP contribution in [0.15, 0.2) is 23.8 Å². The van der Waals surface area contributed by atoms with Gasteiger partial charge in [-0.05, 0) is 61.9 Å². The van der Waals surface area contributed by atoms with Crippen LogP contribution in [-0.2, 0) is 19.1 Å². The van der Waals surface area contributed by atoms with Crippen LogP contribution in [0.2, 0.25) is 0 Å². The highest BCUT2D eigenvalue weighted by atomic mass is 16.5. The van der Waals surface area contributed by atoms with Gasteiger partial charge in [0.25, 0.3) is 0 Å². The number of cyclic esters (lactones) is 1. The summed E-state index contributed by atoms with van der Waals surface area (Å²) in [6.07, 6.45) is 10.5. The number of rotatable bonds is 5. The molecule has 0 radical (unpaired) electrons. The van der Waals surface area contributed by atoms with Crippen LogP contribution in [0.4, 0.5) is 0 Å². The third-order valence-corrected chi connectivity index (χ3v) is 10.9. The Morgan fingerprint density at radius 1 is 1.17 bits per heavy atom. The molecule has 0 aromatic carbocycles. The molecule has 2 bridgehead atoms. The van der Waals surface area contributed by atoms with Crippen LogP contribution in [0.3, 0.4) is 0 Å². The van der Waals surface area contributed by atoms with E-state index in [9.17, 15) is 24.9 Å². The zero-order chi connectivity index (χ0) is 25.9. The van der Waals surface area contributed by atoms with Gasteiger partial charge in [0.05, 0.1) is 23.2 Å². The molecule has 0 aromatic rings. The Labute approximate surface area is 213 Å². The SMILES string of the molecule is CC(=O)O[C@@H]1C[C@]2(C)C=C[C@@H](O)[C@]3([C@@H]1[C@](C)(C1CCCCC1)CC[C@@H]3O)[C@@]2(O)CCC1=CC(=O)OC1. The summed E-state index contributed by atoms with van der Waals surface area (Å²) in [5, 5.41) is 36.5. The third kappa shape index (κ3) is 3.56. The summed E-state index contributed by atoms with van der Waals surface area (Å²) >= 11 is 0. The largest absolute Gasteiger partial charge is 0.462 e. The monoisotopic (exact) mass is 502 g/mol. The fourth-order valence-electron chi connectivity index (χ4n) is 9.30. The average Bonchev–Trinajstić information content (AvgIpc) is 3.25. The second kappa shape index (κ2) is 8.95. The van der Waals surface area contributed by atoms with E-state index in [4.69, 9.17) is 9.47 Å². The first-order valence-corrected chi connectivity index (χ1v) is 13.8. The molecule has 3 fully saturated rings. The number of esters is 2. The zero-order valence-corrected chi connectivity index (χ0v) is 21.9. The number of hydrogen-bond acceptors (Lipinski definition) is 7. The van der Waals surface area contributed by atoms with Crippen LogP contribution < -0.4 is 0 Å². The normalized spacial score (nSPS) is 46.6. The van der Waals surface area contributed by atoms with E-state index in [0.29, 0.717) is 25.2 Å². The molecule has 200 valence electrons. The highest BCUT2D eigenvalue weighted by Gasteiger charge is 2.78. The first-order chi connectivity index (χ1) is 17.0. The predicted octanol–water partition coefficient (Wildman–Crippen LogP) is 3.60. The summed E-state index contributed by atoms with van der Waals surface area (Å²) in [6, 6.07) is 0. The lowest BCUT2D eigenvalue weighted by atomic mass is 9.34. The van der Waals surface area contributed by atoms with Crippen molar-refractivity contribution in [1.29, 1.82) is 0 Å². The molecule has 0 amide bonds. The van der Waals surface area contributed by atoms with E-state index in [-0.39, 0.29) is 30.4 Å². The van der Waals surface area contributed by atoms with Crippen LogP contribution in [0.1, 0.15) is 85.0 Å². The predicted molar refractivity (Wildman–Crippen MR) is 132 cm³/mol. The molecule has 1 spiro atoms. The highest BCUT2D eigenvalue weighted by molar-refractivity contribution is 5.85. The van der Waals surface area contributed by atoms with E-state index in [1.165, 1.54) is 19.4 Å². The topological polar surface area (TPSA) is 113 Å². The van der Waals surface area contributed by atoms with Crippen molar-refractivity contribution in [1.82, 2.24) is 0 Å². The molecule has 5 aliphatic rings. The Bertz CT molecular complexity index is 967. The van der Waals surface area contributed by atoms with Gasteiger partial charge < -0.3 is 24.8 Å². The molecule has 3 N–H and O–H groups in total. The summed E-state index contributed by atoms with van der Waals surface area (Å²) in [7, 11) is 0. The smallest absolute Gasteiger partial charge is 0.331 e.